The van der Waals surface area contributed by atoms with Gasteiger partial charge in [0.25, 0.3) is 5.56 Å². The minimum atomic E-state index is 0.0555. The molecule has 0 amide bonds. The van der Waals surface area contributed by atoms with Gasteiger partial charge in [0.05, 0.1) is 10.9 Å². The Kier molecular flexibility index (Phi) is 8.73. The molecule has 3 nitrogen and oxygen atoms in total. The van der Waals surface area contributed by atoms with E-state index in [-0.39, 0.29) is 5.56 Å². The third kappa shape index (κ3) is 4.68. The van der Waals surface area contributed by atoms with Gasteiger partial charge >= 0.3 is 0 Å². The first-order valence-electron chi connectivity index (χ1n) is 9.64. The van der Waals surface area contributed by atoms with Crippen molar-refractivity contribution in [1.82, 2.24) is 9.55 Å². The van der Waals surface area contributed by atoms with E-state index in [9.17, 15) is 4.79 Å². The predicted molar refractivity (Wildman–Crippen MR) is 105 cm³/mol. The summed E-state index contributed by atoms with van der Waals surface area (Å²) in [4.78, 5) is 16.8. The first-order chi connectivity index (χ1) is 11.7. The monoisotopic (exact) mass is 330 g/mol. The number of benzene rings is 1. The lowest BCUT2D eigenvalue weighted by molar-refractivity contribution is 0.593. The zero-order valence-electron chi connectivity index (χ0n) is 16.4. The number of fused-ring (bicyclic) bond motifs is 1. The number of aryl methyl sites for hydroxylation is 1. The number of nitrogens with zero attached hydrogens (tertiary/aromatic N) is 2. The summed E-state index contributed by atoms with van der Waals surface area (Å²) >= 11 is 0. The summed E-state index contributed by atoms with van der Waals surface area (Å²) in [6, 6.07) is 6.24. The number of rotatable bonds is 1. The third-order valence-electron chi connectivity index (χ3n) is 4.65. The lowest BCUT2D eigenvalue weighted by Gasteiger charge is -2.15. The summed E-state index contributed by atoms with van der Waals surface area (Å²) in [5.74, 6) is 1.42. The van der Waals surface area contributed by atoms with E-state index in [0.29, 0.717) is 5.92 Å². The molecule has 0 aliphatic heterocycles. The molecule has 0 saturated heterocycles. The molecule has 1 aromatic heterocycles. The van der Waals surface area contributed by atoms with Crippen LogP contribution in [0.2, 0.25) is 0 Å². The molecule has 1 fully saturated rings. The van der Waals surface area contributed by atoms with Crippen LogP contribution in [0.1, 0.15) is 83.5 Å². The van der Waals surface area contributed by atoms with E-state index in [0.717, 1.165) is 16.7 Å². The molecule has 0 radical (unpaired) electrons. The van der Waals surface area contributed by atoms with Gasteiger partial charge in [-0.3, -0.25) is 9.36 Å². The Balaban J connectivity index is 0.000000671. The molecular formula is C21H34N2O. The van der Waals surface area contributed by atoms with Crippen LogP contribution in [-0.4, -0.2) is 9.55 Å². The van der Waals surface area contributed by atoms with Gasteiger partial charge in [-0.15, -0.1) is 0 Å². The molecule has 1 aliphatic rings. The number of hydrogen-bond donors (Lipinski definition) is 0. The first kappa shape index (κ1) is 20.4. The van der Waals surface area contributed by atoms with E-state index in [1.165, 1.54) is 44.1 Å². The van der Waals surface area contributed by atoms with Crippen molar-refractivity contribution in [3.8, 4) is 0 Å². The summed E-state index contributed by atoms with van der Waals surface area (Å²) in [5.41, 5.74) is 2.27. The summed E-state index contributed by atoms with van der Waals surface area (Å²) in [5, 5.41) is 0.732. The van der Waals surface area contributed by atoms with Crippen LogP contribution in [0.15, 0.2) is 23.0 Å². The first-order valence-corrected chi connectivity index (χ1v) is 9.64. The Hall–Kier alpha value is -1.64. The molecule has 1 aliphatic carbocycles. The van der Waals surface area contributed by atoms with Crippen molar-refractivity contribution >= 4 is 10.9 Å². The molecule has 3 rings (SSSR count). The van der Waals surface area contributed by atoms with Crippen LogP contribution >= 0.6 is 0 Å². The van der Waals surface area contributed by atoms with E-state index < -0.39 is 0 Å². The van der Waals surface area contributed by atoms with Gasteiger partial charge in [0.2, 0.25) is 0 Å². The maximum atomic E-state index is 12.2. The van der Waals surface area contributed by atoms with E-state index in [4.69, 9.17) is 0 Å². The van der Waals surface area contributed by atoms with Crippen molar-refractivity contribution < 1.29 is 0 Å². The highest BCUT2D eigenvalue weighted by Gasteiger charge is 2.15. The zero-order valence-corrected chi connectivity index (χ0v) is 16.4. The highest BCUT2D eigenvalue weighted by Crippen LogP contribution is 2.32. The van der Waals surface area contributed by atoms with Crippen LogP contribution in [0.5, 0.6) is 0 Å². The Morgan fingerprint density at radius 1 is 1.00 bits per heavy atom. The van der Waals surface area contributed by atoms with Gasteiger partial charge in [-0.2, -0.15) is 0 Å². The lowest BCUT2D eigenvalue weighted by atomic mass is 9.91. The fraction of sp³-hybridized carbons (Fsp3) is 0.619. The van der Waals surface area contributed by atoms with Gasteiger partial charge in [0.1, 0.15) is 5.82 Å². The second kappa shape index (κ2) is 10.3. The molecular weight excluding hydrogens is 296 g/mol. The highest BCUT2D eigenvalue weighted by atomic mass is 16.1. The quantitative estimate of drug-likeness (QED) is 0.626. The fourth-order valence-electron chi connectivity index (χ4n) is 3.27. The van der Waals surface area contributed by atoms with E-state index in [1.807, 2.05) is 40.7 Å². The molecule has 0 N–H and O–H groups in total. The van der Waals surface area contributed by atoms with Crippen LogP contribution in [0.3, 0.4) is 0 Å². The van der Waals surface area contributed by atoms with Crippen LogP contribution in [-0.2, 0) is 7.05 Å². The van der Waals surface area contributed by atoms with E-state index in [1.54, 1.807) is 11.6 Å². The number of aromatic nitrogens is 2. The van der Waals surface area contributed by atoms with Crippen molar-refractivity contribution in [3.63, 3.8) is 0 Å². The topological polar surface area (TPSA) is 34.9 Å². The van der Waals surface area contributed by atoms with Crippen molar-refractivity contribution in [2.45, 2.75) is 79.1 Å². The minimum absolute atomic E-state index is 0.0555. The van der Waals surface area contributed by atoms with Crippen molar-refractivity contribution in [3.05, 3.63) is 39.9 Å². The van der Waals surface area contributed by atoms with E-state index >= 15 is 0 Å². The number of hydrogen-bond acceptors (Lipinski definition) is 2. The maximum Gasteiger partial charge on any atom is 0.261 e. The second-order valence-corrected chi connectivity index (χ2v) is 5.99. The van der Waals surface area contributed by atoms with Gasteiger partial charge in [-0.05, 0) is 43.4 Å². The molecule has 0 atom stereocenters. The zero-order chi connectivity index (χ0) is 18.1. The van der Waals surface area contributed by atoms with Gasteiger partial charge in [0.15, 0.2) is 0 Å². The summed E-state index contributed by atoms with van der Waals surface area (Å²) < 4.78 is 1.62. The third-order valence-corrected chi connectivity index (χ3v) is 4.65. The normalized spacial score (nSPS) is 14.9. The standard InChI is InChI=1S/C17H22N2O.2C2H6/c1-12-18-16-11-14(13-7-5-3-4-6-8-13)9-10-15(16)17(20)19(12)2;2*1-2/h9-11,13H,3-8H2,1-2H3;2*1-2H3. The van der Waals surface area contributed by atoms with Gasteiger partial charge in [0, 0.05) is 7.05 Å². The van der Waals surface area contributed by atoms with Gasteiger partial charge in [-0.1, -0.05) is 59.4 Å². The second-order valence-electron chi connectivity index (χ2n) is 5.99. The molecule has 2 aromatic rings. The molecule has 0 spiro atoms. The van der Waals surface area contributed by atoms with Crippen LogP contribution in [0, 0.1) is 6.92 Å². The van der Waals surface area contributed by atoms with Gasteiger partial charge < -0.3 is 0 Å². The molecule has 1 aromatic carbocycles. The SMILES string of the molecule is CC.CC.Cc1nc2cc(C3CCCCCC3)ccc2c(=O)n1C. The van der Waals surface area contributed by atoms with E-state index in [2.05, 4.69) is 17.1 Å². The summed E-state index contributed by atoms with van der Waals surface area (Å²) in [6.45, 7) is 9.89. The van der Waals surface area contributed by atoms with Crippen LogP contribution in [0.25, 0.3) is 10.9 Å². The lowest BCUT2D eigenvalue weighted by Crippen LogP contribution is -2.20. The molecule has 0 bridgehead atoms. The Labute approximate surface area is 147 Å². The Bertz CT molecular complexity index is 680. The average Bonchev–Trinajstić information content (AvgIpc) is 2.92. The predicted octanol–water partition coefficient (Wildman–Crippen LogP) is 5.73. The summed E-state index contributed by atoms with van der Waals surface area (Å²) in [6.07, 6.45) is 7.92. The van der Waals surface area contributed by atoms with Crippen LogP contribution < -0.4 is 5.56 Å². The van der Waals surface area contributed by atoms with Crippen molar-refractivity contribution in [2.75, 3.05) is 0 Å². The molecule has 3 heteroatoms. The van der Waals surface area contributed by atoms with Crippen LogP contribution in [0.4, 0.5) is 0 Å². The van der Waals surface area contributed by atoms with Gasteiger partial charge in [-0.25, -0.2) is 4.98 Å². The smallest absolute Gasteiger partial charge is 0.261 e. The molecule has 24 heavy (non-hydrogen) atoms. The molecule has 134 valence electrons. The van der Waals surface area contributed by atoms with Crippen molar-refractivity contribution in [1.29, 1.82) is 0 Å². The summed E-state index contributed by atoms with van der Waals surface area (Å²) in [7, 11) is 1.78. The maximum absolute atomic E-state index is 12.2. The fourth-order valence-corrected chi connectivity index (χ4v) is 3.27. The Morgan fingerprint density at radius 3 is 2.17 bits per heavy atom. The largest absolute Gasteiger partial charge is 0.299 e. The Morgan fingerprint density at radius 2 is 1.58 bits per heavy atom. The molecule has 0 unspecified atom stereocenters. The van der Waals surface area contributed by atoms with Crippen molar-refractivity contribution in [2.24, 2.45) is 7.05 Å². The average molecular weight is 331 g/mol. The molecule has 1 saturated carbocycles. The highest BCUT2D eigenvalue weighted by molar-refractivity contribution is 5.78. The molecule has 1 heterocycles. The minimum Gasteiger partial charge on any atom is -0.299 e.